The van der Waals surface area contributed by atoms with E-state index in [4.69, 9.17) is 9.47 Å². The van der Waals surface area contributed by atoms with Crippen LogP contribution in [0.5, 0.6) is 11.5 Å². The Kier molecular flexibility index (Phi) is 6.37. The molecule has 0 saturated carbocycles. The van der Waals surface area contributed by atoms with Crippen molar-refractivity contribution in [3.63, 3.8) is 0 Å². The molecule has 0 aliphatic carbocycles. The van der Waals surface area contributed by atoms with Gasteiger partial charge in [0.05, 0.1) is 13.2 Å². The maximum Gasteiger partial charge on any atom is 0.162 e. The summed E-state index contributed by atoms with van der Waals surface area (Å²) in [6, 6.07) is 4.54. The average Bonchev–Trinajstić information content (AvgIpc) is 2.67. The number of ether oxygens (including phenoxy) is 2. The largest absolute Gasteiger partial charge is 0.490 e. The Hall–Kier alpha value is -0.740. The van der Waals surface area contributed by atoms with Crippen molar-refractivity contribution >= 4 is 15.9 Å². The molecule has 1 heterocycles. The summed E-state index contributed by atoms with van der Waals surface area (Å²) < 4.78 is 12.7. The predicted molar refractivity (Wildman–Crippen MR) is 90.2 cm³/mol. The van der Waals surface area contributed by atoms with Crippen LogP contribution in [-0.4, -0.2) is 19.8 Å². The molecule has 1 atom stereocenters. The van der Waals surface area contributed by atoms with Crippen molar-refractivity contribution in [3.8, 4) is 11.5 Å². The predicted octanol–water partition coefficient (Wildman–Crippen LogP) is 4.70. The maximum atomic E-state index is 5.82. The van der Waals surface area contributed by atoms with Crippen LogP contribution in [0.3, 0.4) is 0 Å². The smallest absolute Gasteiger partial charge is 0.162 e. The molecule has 1 N–H and O–H groups in total. The van der Waals surface area contributed by atoms with Crippen LogP contribution in [0, 0.1) is 5.92 Å². The van der Waals surface area contributed by atoms with E-state index in [0.29, 0.717) is 12.0 Å². The molecule has 4 heteroatoms. The van der Waals surface area contributed by atoms with Crippen molar-refractivity contribution in [2.75, 3.05) is 19.8 Å². The van der Waals surface area contributed by atoms with E-state index >= 15 is 0 Å². The number of nitrogens with one attached hydrogen (secondary N) is 1. The topological polar surface area (TPSA) is 30.5 Å². The first-order chi connectivity index (χ1) is 10.1. The van der Waals surface area contributed by atoms with Gasteiger partial charge in [0.2, 0.25) is 0 Å². The van der Waals surface area contributed by atoms with Crippen LogP contribution >= 0.6 is 15.9 Å². The fraction of sp³-hybridized carbons (Fsp3) is 0.647. The molecular weight excluding hydrogens is 330 g/mol. The van der Waals surface area contributed by atoms with Gasteiger partial charge in [-0.15, -0.1) is 0 Å². The summed E-state index contributed by atoms with van der Waals surface area (Å²) in [6.45, 7) is 9.11. The highest BCUT2D eigenvalue weighted by Crippen LogP contribution is 2.38. The van der Waals surface area contributed by atoms with Crippen LogP contribution < -0.4 is 14.8 Å². The lowest BCUT2D eigenvalue weighted by atomic mass is 9.97. The number of rotatable bonds is 6. The molecule has 0 bridgehead atoms. The first-order valence-corrected chi connectivity index (χ1v) is 8.73. The van der Waals surface area contributed by atoms with Gasteiger partial charge in [-0.3, -0.25) is 0 Å². The Morgan fingerprint density at radius 1 is 1.14 bits per heavy atom. The molecule has 1 aliphatic rings. The normalized spacial score (nSPS) is 15.9. The van der Waals surface area contributed by atoms with Crippen LogP contribution in [0.25, 0.3) is 0 Å². The Bertz CT molecular complexity index is 462. The van der Waals surface area contributed by atoms with Gasteiger partial charge in [0.25, 0.3) is 0 Å². The Morgan fingerprint density at radius 3 is 2.43 bits per heavy atom. The molecule has 118 valence electrons. The minimum atomic E-state index is 0.351. The van der Waals surface area contributed by atoms with Crippen LogP contribution in [0.2, 0.25) is 0 Å². The van der Waals surface area contributed by atoms with Gasteiger partial charge in [-0.2, -0.15) is 0 Å². The van der Waals surface area contributed by atoms with Crippen LogP contribution in [0.4, 0.5) is 0 Å². The van der Waals surface area contributed by atoms with Crippen LogP contribution in [0.1, 0.15) is 51.6 Å². The Labute approximate surface area is 136 Å². The van der Waals surface area contributed by atoms with E-state index in [0.717, 1.165) is 48.6 Å². The van der Waals surface area contributed by atoms with Crippen molar-refractivity contribution in [1.29, 1.82) is 0 Å². The summed E-state index contributed by atoms with van der Waals surface area (Å²) in [5.41, 5.74) is 1.27. The van der Waals surface area contributed by atoms with Crippen LogP contribution in [0.15, 0.2) is 16.6 Å². The lowest BCUT2D eigenvalue weighted by Gasteiger charge is -2.22. The molecule has 0 fully saturated rings. The second-order valence-corrected chi connectivity index (χ2v) is 6.81. The molecule has 2 rings (SSSR count). The average molecular weight is 356 g/mol. The molecule has 21 heavy (non-hydrogen) atoms. The summed E-state index contributed by atoms with van der Waals surface area (Å²) in [4.78, 5) is 0. The second-order valence-electron chi connectivity index (χ2n) is 5.95. The molecule has 1 aromatic rings. The first kappa shape index (κ1) is 16.6. The van der Waals surface area contributed by atoms with E-state index in [1.165, 1.54) is 12.0 Å². The fourth-order valence-corrected chi connectivity index (χ4v) is 3.18. The third-order valence-electron chi connectivity index (χ3n) is 3.73. The Morgan fingerprint density at radius 2 is 1.81 bits per heavy atom. The lowest BCUT2D eigenvalue weighted by molar-refractivity contribution is 0.297. The SMILES string of the molecule is CCNC(CCC(C)C)c1cc2c(cc1Br)OCCCO2. The fourth-order valence-electron chi connectivity index (χ4n) is 2.58. The number of hydrogen-bond acceptors (Lipinski definition) is 3. The summed E-state index contributed by atoms with van der Waals surface area (Å²) >= 11 is 3.70. The Balaban J connectivity index is 2.24. The summed E-state index contributed by atoms with van der Waals surface area (Å²) in [6.07, 6.45) is 3.27. The van der Waals surface area contributed by atoms with Gasteiger partial charge < -0.3 is 14.8 Å². The van der Waals surface area contributed by atoms with Gasteiger partial charge in [0, 0.05) is 16.9 Å². The first-order valence-electron chi connectivity index (χ1n) is 7.94. The van der Waals surface area contributed by atoms with E-state index < -0.39 is 0 Å². The zero-order valence-electron chi connectivity index (χ0n) is 13.2. The van der Waals surface area contributed by atoms with Crippen molar-refractivity contribution in [3.05, 3.63) is 22.2 Å². The molecule has 0 spiro atoms. The lowest BCUT2D eigenvalue weighted by Crippen LogP contribution is -2.22. The summed E-state index contributed by atoms with van der Waals surface area (Å²) in [5.74, 6) is 2.44. The van der Waals surface area contributed by atoms with Crippen molar-refractivity contribution < 1.29 is 9.47 Å². The molecule has 0 radical (unpaired) electrons. The molecule has 0 amide bonds. The van der Waals surface area contributed by atoms with E-state index in [1.807, 2.05) is 0 Å². The van der Waals surface area contributed by atoms with E-state index in [-0.39, 0.29) is 0 Å². The third-order valence-corrected chi connectivity index (χ3v) is 4.41. The van der Waals surface area contributed by atoms with Crippen molar-refractivity contribution in [2.24, 2.45) is 5.92 Å². The minimum absolute atomic E-state index is 0.351. The number of halogens is 1. The van der Waals surface area contributed by atoms with Gasteiger partial charge in [-0.05, 0) is 43.0 Å². The molecule has 1 unspecified atom stereocenters. The zero-order valence-corrected chi connectivity index (χ0v) is 14.8. The molecule has 1 aliphatic heterocycles. The number of benzene rings is 1. The van der Waals surface area contributed by atoms with Crippen molar-refractivity contribution in [1.82, 2.24) is 5.32 Å². The number of fused-ring (bicyclic) bond motifs is 1. The molecular formula is C17H26BrNO2. The summed E-state index contributed by atoms with van der Waals surface area (Å²) in [5, 5.41) is 3.59. The highest BCUT2D eigenvalue weighted by Gasteiger charge is 2.19. The summed E-state index contributed by atoms with van der Waals surface area (Å²) in [7, 11) is 0. The minimum Gasteiger partial charge on any atom is -0.490 e. The van der Waals surface area contributed by atoms with E-state index in [2.05, 4.69) is 54.2 Å². The quantitative estimate of drug-likeness (QED) is 0.802. The molecule has 1 aromatic carbocycles. The zero-order chi connectivity index (χ0) is 15.2. The van der Waals surface area contributed by atoms with Gasteiger partial charge in [-0.1, -0.05) is 36.7 Å². The van der Waals surface area contributed by atoms with Gasteiger partial charge >= 0.3 is 0 Å². The van der Waals surface area contributed by atoms with Gasteiger partial charge in [0.1, 0.15) is 0 Å². The maximum absolute atomic E-state index is 5.82. The number of hydrogen-bond donors (Lipinski definition) is 1. The third kappa shape index (κ3) is 4.62. The van der Waals surface area contributed by atoms with Crippen molar-refractivity contribution in [2.45, 2.75) is 46.1 Å². The standard InChI is InChI=1S/C17H26BrNO2/c1-4-19-15(7-6-12(2)3)13-10-16-17(11-14(13)18)21-9-5-8-20-16/h10-12,15,19H,4-9H2,1-3H3. The van der Waals surface area contributed by atoms with Gasteiger partial charge in [0.15, 0.2) is 11.5 Å². The molecule has 3 nitrogen and oxygen atoms in total. The molecule has 0 saturated heterocycles. The highest BCUT2D eigenvalue weighted by molar-refractivity contribution is 9.10. The van der Waals surface area contributed by atoms with E-state index in [1.54, 1.807) is 0 Å². The second kappa shape index (κ2) is 8.04. The highest BCUT2D eigenvalue weighted by atomic mass is 79.9. The monoisotopic (exact) mass is 355 g/mol. The van der Waals surface area contributed by atoms with Gasteiger partial charge in [-0.25, -0.2) is 0 Å². The molecule has 0 aromatic heterocycles. The van der Waals surface area contributed by atoms with Crippen LogP contribution in [-0.2, 0) is 0 Å². The van der Waals surface area contributed by atoms with E-state index in [9.17, 15) is 0 Å².